The van der Waals surface area contributed by atoms with Crippen molar-refractivity contribution in [3.8, 4) is 11.8 Å². The molecule has 0 radical (unpaired) electrons. The molecule has 0 atom stereocenters. The summed E-state index contributed by atoms with van der Waals surface area (Å²) >= 11 is 5.64. The fraction of sp³-hybridized carbons (Fsp3) is 0.0833. The van der Waals surface area contributed by atoms with Gasteiger partial charge in [-0.1, -0.05) is 23.2 Å². The Morgan fingerprint density at radius 1 is 1.33 bits per heavy atom. The summed E-state index contributed by atoms with van der Waals surface area (Å²) < 4.78 is 5.32. The lowest BCUT2D eigenvalue weighted by Crippen LogP contribution is -2.01. The lowest BCUT2D eigenvalue weighted by atomic mass is 10.1. The van der Waals surface area contributed by atoms with Crippen molar-refractivity contribution < 1.29 is 14.6 Å². The van der Waals surface area contributed by atoms with Crippen LogP contribution >= 0.6 is 11.6 Å². The first-order valence-electron chi connectivity index (χ1n) is 5.05. The molecule has 0 aliphatic rings. The minimum atomic E-state index is -1.07. The predicted octanol–water partition coefficient (Wildman–Crippen LogP) is 2.93. The van der Waals surface area contributed by atoms with Gasteiger partial charge in [0.15, 0.2) is 0 Å². The average molecular weight is 265 g/mol. The summed E-state index contributed by atoms with van der Waals surface area (Å²) in [6.07, 6.45) is 2.75. The molecular weight excluding hydrogens is 256 g/mol. The second-order valence-electron chi connectivity index (χ2n) is 3.59. The first kappa shape index (κ1) is 12.3. The molecular formula is C12H9ClN2O3. The van der Waals surface area contributed by atoms with Crippen molar-refractivity contribution in [2.24, 2.45) is 0 Å². The molecule has 1 aromatic heterocycles. The van der Waals surface area contributed by atoms with E-state index in [1.807, 2.05) is 0 Å². The van der Waals surface area contributed by atoms with Crippen LogP contribution in [-0.2, 0) is 0 Å². The molecule has 1 heterocycles. The van der Waals surface area contributed by atoms with Crippen molar-refractivity contribution in [2.75, 3.05) is 0 Å². The highest BCUT2D eigenvalue weighted by molar-refractivity contribution is 6.30. The fourth-order valence-electron chi connectivity index (χ4n) is 1.35. The number of benzene rings is 1. The quantitative estimate of drug-likeness (QED) is 0.923. The number of aryl methyl sites for hydroxylation is 1. The number of carboxylic acid groups (broad SMARTS) is 1. The van der Waals surface area contributed by atoms with Gasteiger partial charge >= 0.3 is 12.0 Å². The van der Waals surface area contributed by atoms with Gasteiger partial charge in [0.2, 0.25) is 0 Å². The minimum absolute atomic E-state index is 0.0470. The number of carboxylic acids is 1. The van der Waals surface area contributed by atoms with Gasteiger partial charge in [-0.15, -0.1) is 0 Å². The van der Waals surface area contributed by atoms with Gasteiger partial charge in [-0.25, -0.2) is 14.8 Å². The van der Waals surface area contributed by atoms with E-state index in [9.17, 15) is 4.79 Å². The van der Waals surface area contributed by atoms with Crippen molar-refractivity contribution in [3.63, 3.8) is 0 Å². The van der Waals surface area contributed by atoms with E-state index in [-0.39, 0.29) is 17.3 Å². The van der Waals surface area contributed by atoms with Crippen molar-refractivity contribution >= 4 is 17.6 Å². The van der Waals surface area contributed by atoms with Gasteiger partial charge in [-0.2, -0.15) is 0 Å². The number of aromatic carboxylic acids is 1. The van der Waals surface area contributed by atoms with Crippen LogP contribution < -0.4 is 4.74 Å². The largest absolute Gasteiger partial charge is 0.478 e. The van der Waals surface area contributed by atoms with Gasteiger partial charge in [-0.3, -0.25) is 0 Å². The van der Waals surface area contributed by atoms with Gasteiger partial charge in [0.1, 0.15) is 11.3 Å². The summed E-state index contributed by atoms with van der Waals surface area (Å²) in [5.74, 6) is -0.877. The second-order valence-corrected chi connectivity index (χ2v) is 4.03. The fourth-order valence-corrected chi connectivity index (χ4v) is 1.45. The number of rotatable bonds is 3. The molecule has 0 bridgehead atoms. The third-order valence-electron chi connectivity index (χ3n) is 2.16. The van der Waals surface area contributed by atoms with Gasteiger partial charge in [0, 0.05) is 0 Å². The number of ether oxygens (including phenoxy) is 1. The summed E-state index contributed by atoms with van der Waals surface area (Å²) in [5, 5.41) is 9.45. The number of carbonyl (C=O) groups is 1. The third kappa shape index (κ3) is 2.75. The Hall–Kier alpha value is -2.14. The molecule has 0 saturated heterocycles. The lowest BCUT2D eigenvalue weighted by Gasteiger charge is -2.07. The number of nitrogens with zero attached hydrogens (tertiary/aromatic N) is 2. The molecule has 0 saturated carbocycles. The minimum Gasteiger partial charge on any atom is -0.478 e. The topological polar surface area (TPSA) is 72.3 Å². The Morgan fingerprint density at radius 2 is 2.00 bits per heavy atom. The zero-order valence-electron chi connectivity index (χ0n) is 9.42. The Bertz CT molecular complexity index is 584. The van der Waals surface area contributed by atoms with Crippen molar-refractivity contribution in [3.05, 3.63) is 46.7 Å². The number of hydrogen-bond donors (Lipinski definition) is 1. The zero-order chi connectivity index (χ0) is 13.1. The van der Waals surface area contributed by atoms with Crippen LogP contribution in [0, 0.1) is 6.92 Å². The van der Waals surface area contributed by atoms with E-state index >= 15 is 0 Å². The van der Waals surface area contributed by atoms with Crippen LogP contribution in [0.15, 0.2) is 30.6 Å². The van der Waals surface area contributed by atoms with Crippen LogP contribution in [0.5, 0.6) is 11.8 Å². The van der Waals surface area contributed by atoms with Gasteiger partial charge < -0.3 is 9.84 Å². The number of halogens is 1. The maximum absolute atomic E-state index is 11.1. The van der Waals surface area contributed by atoms with Crippen molar-refractivity contribution in [1.82, 2.24) is 9.97 Å². The highest BCUT2D eigenvalue weighted by Crippen LogP contribution is 2.24. The van der Waals surface area contributed by atoms with E-state index in [1.165, 1.54) is 18.5 Å². The van der Waals surface area contributed by atoms with Crippen LogP contribution in [0.1, 0.15) is 15.9 Å². The highest BCUT2D eigenvalue weighted by atomic mass is 35.5. The maximum atomic E-state index is 11.1. The van der Waals surface area contributed by atoms with Gasteiger partial charge in [-0.05, 0) is 19.1 Å². The van der Waals surface area contributed by atoms with E-state index in [1.54, 1.807) is 19.1 Å². The first-order valence-corrected chi connectivity index (χ1v) is 5.43. The SMILES string of the molecule is Cc1ccc(Oc2ncc(Cl)cn2)c(C(=O)O)c1. The van der Waals surface area contributed by atoms with E-state index in [4.69, 9.17) is 21.4 Å². The Morgan fingerprint density at radius 3 is 2.61 bits per heavy atom. The molecule has 0 aliphatic carbocycles. The maximum Gasteiger partial charge on any atom is 0.339 e. The van der Waals surface area contributed by atoms with Crippen molar-refractivity contribution in [1.29, 1.82) is 0 Å². The van der Waals surface area contributed by atoms with Crippen LogP contribution in [0.25, 0.3) is 0 Å². The van der Waals surface area contributed by atoms with Gasteiger partial charge in [0.05, 0.1) is 17.4 Å². The molecule has 0 amide bonds. The third-order valence-corrected chi connectivity index (χ3v) is 2.36. The van der Waals surface area contributed by atoms with E-state index in [0.717, 1.165) is 5.56 Å². The molecule has 18 heavy (non-hydrogen) atoms. The molecule has 2 rings (SSSR count). The monoisotopic (exact) mass is 264 g/mol. The van der Waals surface area contributed by atoms with Crippen LogP contribution in [0.3, 0.4) is 0 Å². The summed E-state index contributed by atoms with van der Waals surface area (Å²) in [4.78, 5) is 18.8. The Kier molecular flexibility index (Phi) is 3.43. The molecule has 6 heteroatoms. The average Bonchev–Trinajstić information content (AvgIpc) is 2.34. The smallest absolute Gasteiger partial charge is 0.339 e. The van der Waals surface area contributed by atoms with E-state index in [0.29, 0.717) is 5.02 Å². The molecule has 0 aliphatic heterocycles. The zero-order valence-corrected chi connectivity index (χ0v) is 10.2. The Labute approximate surface area is 108 Å². The van der Waals surface area contributed by atoms with E-state index in [2.05, 4.69) is 9.97 Å². The molecule has 1 aromatic carbocycles. The highest BCUT2D eigenvalue weighted by Gasteiger charge is 2.13. The van der Waals surface area contributed by atoms with Gasteiger partial charge in [0.25, 0.3) is 0 Å². The molecule has 5 nitrogen and oxygen atoms in total. The molecule has 0 unspecified atom stereocenters. The standard InChI is InChI=1S/C12H9ClN2O3/c1-7-2-3-10(9(4-7)11(16)17)18-12-14-5-8(13)6-15-12/h2-6H,1H3,(H,16,17). The van der Waals surface area contributed by atoms with Crippen LogP contribution in [-0.4, -0.2) is 21.0 Å². The summed E-state index contributed by atoms with van der Waals surface area (Å²) in [5.41, 5.74) is 0.894. The first-order chi connectivity index (χ1) is 8.56. The summed E-state index contributed by atoms with van der Waals surface area (Å²) in [7, 11) is 0. The molecule has 1 N–H and O–H groups in total. The number of aromatic nitrogens is 2. The summed E-state index contributed by atoms with van der Waals surface area (Å²) in [6.45, 7) is 1.80. The summed E-state index contributed by atoms with van der Waals surface area (Å²) in [6, 6.07) is 4.88. The normalized spacial score (nSPS) is 10.1. The molecule has 2 aromatic rings. The molecule has 0 fully saturated rings. The molecule has 0 spiro atoms. The van der Waals surface area contributed by atoms with E-state index < -0.39 is 5.97 Å². The lowest BCUT2D eigenvalue weighted by molar-refractivity contribution is 0.0694. The molecule has 92 valence electrons. The van der Waals surface area contributed by atoms with Crippen LogP contribution in [0.4, 0.5) is 0 Å². The Balaban J connectivity index is 2.34. The van der Waals surface area contributed by atoms with Crippen LogP contribution in [0.2, 0.25) is 5.02 Å². The second kappa shape index (κ2) is 5.01. The van der Waals surface area contributed by atoms with Crippen molar-refractivity contribution in [2.45, 2.75) is 6.92 Å². The predicted molar refractivity (Wildman–Crippen MR) is 65.3 cm³/mol. The number of hydrogen-bond acceptors (Lipinski definition) is 4.